The highest BCUT2D eigenvalue weighted by Gasteiger charge is 2.14. The molecule has 0 atom stereocenters. The maximum absolute atomic E-state index is 12.9. The molecule has 3 aromatic carbocycles. The average molecular weight is 348 g/mol. The van der Waals surface area contributed by atoms with Gasteiger partial charge < -0.3 is 9.84 Å². The van der Waals surface area contributed by atoms with E-state index in [2.05, 4.69) is 9.72 Å². The Bertz CT molecular complexity index is 1220. The van der Waals surface area contributed by atoms with Gasteiger partial charge in [0.05, 0.1) is 11.0 Å². The van der Waals surface area contributed by atoms with E-state index in [4.69, 9.17) is 5.11 Å². The van der Waals surface area contributed by atoms with E-state index in [0.29, 0.717) is 0 Å². The average Bonchev–Trinajstić information content (AvgIpc) is 3.08. The van der Waals surface area contributed by atoms with Crippen LogP contribution >= 0.6 is 0 Å². The predicted molar refractivity (Wildman–Crippen MR) is 106 cm³/mol. The molecule has 0 spiro atoms. The van der Waals surface area contributed by atoms with Crippen molar-refractivity contribution in [2.75, 3.05) is 21.3 Å². The summed E-state index contributed by atoms with van der Waals surface area (Å²) >= 11 is 0. The first-order chi connectivity index (χ1) is 12.8. The third-order valence-electron chi connectivity index (χ3n) is 4.14. The van der Waals surface area contributed by atoms with Crippen LogP contribution in [0.4, 0.5) is 0 Å². The van der Waals surface area contributed by atoms with Crippen LogP contribution in [0.15, 0.2) is 65.5 Å². The molecule has 0 saturated carbocycles. The highest BCUT2D eigenvalue weighted by molar-refractivity contribution is 6.15. The minimum Gasteiger partial charge on any atom is -0.400 e. The van der Waals surface area contributed by atoms with Crippen molar-refractivity contribution in [3.05, 3.63) is 71.0 Å². The normalized spacial score (nSPS) is 10.6. The van der Waals surface area contributed by atoms with Crippen molar-refractivity contribution in [2.24, 2.45) is 0 Å². The van der Waals surface area contributed by atoms with Gasteiger partial charge in [-0.1, -0.05) is 42.5 Å². The van der Waals surface area contributed by atoms with Crippen LogP contribution in [0.25, 0.3) is 38.2 Å². The number of para-hydroxylation sites is 2. The van der Waals surface area contributed by atoms with Crippen molar-refractivity contribution in [2.45, 2.75) is 0 Å². The van der Waals surface area contributed by atoms with Crippen LogP contribution < -0.4 is 5.56 Å². The zero-order valence-corrected chi connectivity index (χ0v) is 14.9. The number of aromatic nitrogens is 2. The van der Waals surface area contributed by atoms with Gasteiger partial charge in [0.2, 0.25) is 0 Å². The minimum absolute atomic E-state index is 0.00278. The number of ether oxygens (including phenoxy) is 1. The summed E-state index contributed by atoms with van der Waals surface area (Å²) in [6.45, 7) is 0. The molecular weight excluding hydrogens is 328 g/mol. The Balaban J connectivity index is 0.000000359. The molecule has 2 heterocycles. The number of nitrogens with zero attached hydrogens (tertiary/aromatic N) is 2. The van der Waals surface area contributed by atoms with E-state index in [1.165, 1.54) is 0 Å². The predicted octanol–water partition coefficient (Wildman–Crippen LogP) is 3.46. The molecule has 1 N–H and O–H groups in total. The lowest BCUT2D eigenvalue weighted by Crippen LogP contribution is -2.13. The van der Waals surface area contributed by atoms with Crippen molar-refractivity contribution in [1.82, 2.24) is 9.38 Å². The molecule has 0 bridgehead atoms. The van der Waals surface area contributed by atoms with Gasteiger partial charge in [-0.2, -0.15) is 0 Å². The largest absolute Gasteiger partial charge is 0.400 e. The molecule has 5 nitrogen and oxygen atoms in total. The fourth-order valence-electron chi connectivity index (χ4n) is 3.24. The molecule has 0 fully saturated rings. The summed E-state index contributed by atoms with van der Waals surface area (Å²) in [4.78, 5) is 17.6. The van der Waals surface area contributed by atoms with Crippen LogP contribution in [0.1, 0.15) is 0 Å². The van der Waals surface area contributed by atoms with Gasteiger partial charge in [0.1, 0.15) is 5.65 Å². The Kier molecular flexibility index (Phi) is 5.11. The monoisotopic (exact) mass is 348 g/mol. The zero-order chi connectivity index (χ0) is 18.7. The number of pyridine rings is 1. The molecule has 0 amide bonds. The number of fused-ring (bicyclic) bond motifs is 4. The van der Waals surface area contributed by atoms with Crippen LogP contribution in [0.2, 0.25) is 0 Å². The van der Waals surface area contributed by atoms with E-state index >= 15 is 0 Å². The van der Waals surface area contributed by atoms with E-state index < -0.39 is 0 Å². The third-order valence-corrected chi connectivity index (χ3v) is 4.14. The van der Waals surface area contributed by atoms with E-state index in [9.17, 15) is 4.79 Å². The number of aliphatic hydroxyl groups excluding tert-OH is 1. The molecule has 0 aliphatic carbocycles. The fraction of sp³-hybridized carbons (Fsp3) is 0.143. The number of methoxy groups -OCH3 is 1. The molecule has 0 aliphatic heterocycles. The van der Waals surface area contributed by atoms with Crippen molar-refractivity contribution in [3.8, 4) is 0 Å². The van der Waals surface area contributed by atoms with Crippen molar-refractivity contribution < 1.29 is 9.84 Å². The van der Waals surface area contributed by atoms with Gasteiger partial charge in [-0.05, 0) is 23.6 Å². The molecule has 0 saturated heterocycles. The number of benzene rings is 3. The summed E-state index contributed by atoms with van der Waals surface area (Å²) in [5, 5.41) is 10.9. The van der Waals surface area contributed by atoms with Crippen LogP contribution in [-0.4, -0.2) is 35.8 Å². The first-order valence-electron chi connectivity index (χ1n) is 8.15. The van der Waals surface area contributed by atoms with Crippen molar-refractivity contribution in [3.63, 3.8) is 0 Å². The maximum Gasteiger partial charge on any atom is 0.264 e. The second kappa shape index (κ2) is 7.47. The summed E-state index contributed by atoms with van der Waals surface area (Å²) in [5.74, 6) is 0. The Morgan fingerprint density at radius 2 is 1.50 bits per heavy atom. The Morgan fingerprint density at radius 3 is 2.19 bits per heavy atom. The molecule has 132 valence electrons. The SMILES string of the molecule is CO.COC.O=c1c2cccc3cccc(c32)c2nc3ccccc3n12. The highest BCUT2D eigenvalue weighted by atomic mass is 16.4. The lowest BCUT2D eigenvalue weighted by molar-refractivity contribution is 0.277. The number of rotatable bonds is 0. The van der Waals surface area contributed by atoms with Crippen molar-refractivity contribution >= 4 is 38.2 Å². The fourth-order valence-corrected chi connectivity index (χ4v) is 3.24. The van der Waals surface area contributed by atoms with Crippen LogP contribution in [0.5, 0.6) is 0 Å². The number of hydrogen-bond donors (Lipinski definition) is 1. The van der Waals surface area contributed by atoms with Crippen LogP contribution in [-0.2, 0) is 4.74 Å². The molecular formula is C21H20N2O3. The molecule has 5 heteroatoms. The number of aliphatic hydroxyl groups is 1. The zero-order valence-electron chi connectivity index (χ0n) is 14.9. The summed E-state index contributed by atoms with van der Waals surface area (Å²) in [6.07, 6.45) is 0. The lowest BCUT2D eigenvalue weighted by Gasteiger charge is -2.06. The molecule has 5 rings (SSSR count). The number of imidazole rings is 1. The highest BCUT2D eigenvalue weighted by Crippen LogP contribution is 2.29. The second-order valence-corrected chi connectivity index (χ2v) is 5.68. The standard InChI is InChI=1S/C18H10N2O.C2H6O.CH4O/c21-18-13-8-4-6-11-5-3-7-12(16(11)13)17-19-14-9-1-2-10-15(14)20(17)18;1-3-2;1-2/h1-10H;1-2H3;2H,1H3. The van der Waals surface area contributed by atoms with Crippen LogP contribution in [0, 0.1) is 0 Å². The Morgan fingerprint density at radius 1 is 0.885 bits per heavy atom. The van der Waals surface area contributed by atoms with Gasteiger partial charge in [-0.25, -0.2) is 4.98 Å². The molecule has 26 heavy (non-hydrogen) atoms. The molecule has 0 radical (unpaired) electrons. The van der Waals surface area contributed by atoms with Gasteiger partial charge in [0, 0.05) is 37.5 Å². The Hall–Kier alpha value is -3.02. The van der Waals surface area contributed by atoms with Gasteiger partial charge in [0.25, 0.3) is 5.56 Å². The molecule has 5 aromatic rings. The van der Waals surface area contributed by atoms with Gasteiger partial charge in [-0.3, -0.25) is 9.20 Å². The summed E-state index contributed by atoms with van der Waals surface area (Å²) in [6, 6.07) is 19.7. The minimum atomic E-state index is 0.00278. The second-order valence-electron chi connectivity index (χ2n) is 5.68. The Labute approximate surface area is 150 Å². The maximum atomic E-state index is 12.9. The first-order valence-corrected chi connectivity index (χ1v) is 8.15. The topological polar surface area (TPSA) is 63.8 Å². The summed E-state index contributed by atoms with van der Waals surface area (Å²) in [7, 11) is 4.25. The molecule has 0 aliphatic rings. The van der Waals surface area contributed by atoms with Gasteiger partial charge in [-0.15, -0.1) is 0 Å². The van der Waals surface area contributed by atoms with E-state index in [0.717, 1.165) is 45.3 Å². The first kappa shape index (κ1) is 17.8. The van der Waals surface area contributed by atoms with Crippen LogP contribution in [0.3, 0.4) is 0 Å². The molecule has 2 aromatic heterocycles. The van der Waals surface area contributed by atoms with Crippen molar-refractivity contribution in [1.29, 1.82) is 0 Å². The van der Waals surface area contributed by atoms with E-state index in [1.807, 2.05) is 60.7 Å². The summed E-state index contributed by atoms with van der Waals surface area (Å²) < 4.78 is 5.98. The smallest absolute Gasteiger partial charge is 0.264 e. The van der Waals surface area contributed by atoms with E-state index in [-0.39, 0.29) is 5.56 Å². The quantitative estimate of drug-likeness (QED) is 0.465. The summed E-state index contributed by atoms with van der Waals surface area (Å²) in [5.41, 5.74) is 2.46. The lowest BCUT2D eigenvalue weighted by atomic mass is 10.0. The third kappa shape index (κ3) is 2.67. The molecule has 0 unspecified atom stereocenters. The van der Waals surface area contributed by atoms with E-state index in [1.54, 1.807) is 18.6 Å². The van der Waals surface area contributed by atoms with Gasteiger partial charge in [0.15, 0.2) is 0 Å². The van der Waals surface area contributed by atoms with Gasteiger partial charge >= 0.3 is 0 Å². The number of hydrogen-bond acceptors (Lipinski definition) is 4.